The molecular weight excluding hydrogens is 151 g/mol. The Bertz CT molecular complexity index is 171. The molecule has 1 fully saturated rings. The molecule has 0 saturated carbocycles. The van der Waals surface area contributed by atoms with Crippen LogP contribution in [0.3, 0.4) is 0 Å². The van der Waals surface area contributed by atoms with Crippen LogP contribution >= 0.6 is 0 Å². The highest BCUT2D eigenvalue weighted by Gasteiger charge is 2.44. The van der Waals surface area contributed by atoms with Crippen LogP contribution < -0.4 is 0 Å². The van der Waals surface area contributed by atoms with Crippen molar-refractivity contribution in [1.82, 2.24) is 0 Å². The molecular formula is C7H11FO3. The maximum atomic E-state index is 13.0. The summed E-state index contributed by atoms with van der Waals surface area (Å²) in [5.74, 6) is -1.08. The summed E-state index contributed by atoms with van der Waals surface area (Å²) in [5.41, 5.74) is -1.24. The van der Waals surface area contributed by atoms with Crippen LogP contribution in [0.4, 0.5) is 4.39 Å². The van der Waals surface area contributed by atoms with E-state index in [1.807, 2.05) is 0 Å². The highest BCUT2D eigenvalue weighted by atomic mass is 19.1. The molecule has 0 radical (unpaired) electrons. The van der Waals surface area contributed by atoms with E-state index in [4.69, 9.17) is 9.84 Å². The highest BCUT2D eigenvalue weighted by molar-refractivity contribution is 5.75. The second-order valence-corrected chi connectivity index (χ2v) is 3.02. The van der Waals surface area contributed by atoms with Crippen LogP contribution in [-0.2, 0) is 9.53 Å². The first-order valence-corrected chi connectivity index (χ1v) is 3.52. The Labute approximate surface area is 64.2 Å². The van der Waals surface area contributed by atoms with Crippen molar-refractivity contribution < 1.29 is 19.0 Å². The first kappa shape index (κ1) is 8.46. The van der Waals surface area contributed by atoms with E-state index in [-0.39, 0.29) is 13.0 Å². The van der Waals surface area contributed by atoms with Crippen LogP contribution in [0.2, 0.25) is 0 Å². The lowest BCUT2D eigenvalue weighted by Gasteiger charge is -2.32. The van der Waals surface area contributed by atoms with Crippen LogP contribution in [0.5, 0.6) is 0 Å². The van der Waals surface area contributed by atoms with Gasteiger partial charge in [-0.2, -0.15) is 0 Å². The van der Waals surface area contributed by atoms with Crippen molar-refractivity contribution in [1.29, 1.82) is 0 Å². The van der Waals surface area contributed by atoms with Gasteiger partial charge < -0.3 is 9.84 Å². The van der Waals surface area contributed by atoms with Crippen molar-refractivity contribution in [2.24, 2.45) is 5.41 Å². The van der Waals surface area contributed by atoms with Crippen molar-refractivity contribution in [3.63, 3.8) is 0 Å². The molecule has 3 nitrogen and oxygen atoms in total. The van der Waals surface area contributed by atoms with Gasteiger partial charge in [0, 0.05) is 6.61 Å². The minimum Gasteiger partial charge on any atom is -0.481 e. The summed E-state index contributed by atoms with van der Waals surface area (Å²) in [6.45, 7) is 1.66. The Morgan fingerprint density at radius 1 is 1.82 bits per heavy atom. The maximum absolute atomic E-state index is 13.0. The van der Waals surface area contributed by atoms with Crippen molar-refractivity contribution in [2.45, 2.75) is 19.5 Å². The fourth-order valence-corrected chi connectivity index (χ4v) is 1.05. The largest absolute Gasteiger partial charge is 0.481 e. The highest BCUT2D eigenvalue weighted by Crippen LogP contribution is 2.32. The molecule has 0 amide bonds. The molecule has 0 bridgehead atoms. The molecule has 4 heteroatoms. The summed E-state index contributed by atoms with van der Waals surface area (Å²) in [5, 5.41) is 8.67. The fraction of sp³-hybridized carbons (Fsp3) is 0.857. The molecule has 0 aromatic heterocycles. The molecule has 1 heterocycles. The van der Waals surface area contributed by atoms with E-state index in [2.05, 4.69) is 0 Å². The zero-order valence-electron chi connectivity index (χ0n) is 6.34. The summed E-state index contributed by atoms with van der Waals surface area (Å²) in [6, 6.07) is 0. The second kappa shape index (κ2) is 2.77. The van der Waals surface area contributed by atoms with E-state index in [1.165, 1.54) is 6.92 Å². The predicted molar refractivity (Wildman–Crippen MR) is 36.1 cm³/mol. The van der Waals surface area contributed by atoms with Gasteiger partial charge in [-0.05, 0) is 13.3 Å². The SMILES string of the molecule is CC1(C(=O)O)CCOCC1F. The monoisotopic (exact) mass is 162 g/mol. The Kier molecular flexibility index (Phi) is 2.13. The van der Waals surface area contributed by atoms with Gasteiger partial charge in [0.15, 0.2) is 0 Å². The number of hydrogen-bond acceptors (Lipinski definition) is 2. The van der Waals surface area contributed by atoms with Gasteiger partial charge in [0.05, 0.1) is 6.61 Å². The van der Waals surface area contributed by atoms with Gasteiger partial charge in [0.25, 0.3) is 0 Å². The molecule has 64 valence electrons. The van der Waals surface area contributed by atoms with Crippen LogP contribution in [0.25, 0.3) is 0 Å². The zero-order valence-corrected chi connectivity index (χ0v) is 6.34. The minimum absolute atomic E-state index is 0.0944. The number of hydrogen-bond donors (Lipinski definition) is 1. The van der Waals surface area contributed by atoms with Crippen molar-refractivity contribution in [3.05, 3.63) is 0 Å². The first-order chi connectivity index (χ1) is 5.07. The lowest BCUT2D eigenvalue weighted by Crippen LogP contribution is -2.44. The van der Waals surface area contributed by atoms with E-state index in [0.717, 1.165) is 0 Å². The van der Waals surface area contributed by atoms with Gasteiger partial charge in [-0.3, -0.25) is 4.79 Å². The third kappa shape index (κ3) is 1.35. The van der Waals surface area contributed by atoms with Crippen molar-refractivity contribution in [2.75, 3.05) is 13.2 Å². The van der Waals surface area contributed by atoms with E-state index < -0.39 is 17.6 Å². The molecule has 11 heavy (non-hydrogen) atoms. The standard InChI is InChI=1S/C7H11FO3/c1-7(6(9)10)2-3-11-4-5(7)8/h5H,2-4H2,1H3,(H,9,10). The second-order valence-electron chi connectivity index (χ2n) is 3.02. The molecule has 1 rings (SSSR count). The van der Waals surface area contributed by atoms with Crippen molar-refractivity contribution >= 4 is 5.97 Å². The van der Waals surface area contributed by atoms with Gasteiger partial charge in [-0.25, -0.2) is 4.39 Å². The van der Waals surface area contributed by atoms with Crippen molar-refractivity contribution in [3.8, 4) is 0 Å². The maximum Gasteiger partial charge on any atom is 0.312 e. The predicted octanol–water partition coefficient (Wildman–Crippen LogP) is 0.836. The minimum atomic E-state index is -1.38. The normalized spacial score (nSPS) is 38.5. The average Bonchev–Trinajstić information content (AvgIpc) is 1.95. The number of ether oxygens (including phenoxy) is 1. The van der Waals surface area contributed by atoms with E-state index >= 15 is 0 Å². The van der Waals surface area contributed by atoms with E-state index in [1.54, 1.807) is 0 Å². The Morgan fingerprint density at radius 3 is 2.82 bits per heavy atom. The summed E-state index contributed by atoms with van der Waals surface area (Å²) in [6.07, 6.45) is -1.13. The van der Waals surface area contributed by atoms with Gasteiger partial charge in [0.1, 0.15) is 11.6 Å². The molecule has 1 saturated heterocycles. The number of rotatable bonds is 1. The van der Waals surface area contributed by atoms with Gasteiger partial charge >= 0.3 is 5.97 Å². The fourth-order valence-electron chi connectivity index (χ4n) is 1.05. The Hall–Kier alpha value is -0.640. The molecule has 2 atom stereocenters. The molecule has 0 aromatic rings. The molecule has 1 aliphatic heterocycles. The van der Waals surface area contributed by atoms with Crippen LogP contribution in [0.15, 0.2) is 0 Å². The zero-order chi connectivity index (χ0) is 8.48. The smallest absolute Gasteiger partial charge is 0.312 e. The number of carboxylic acids is 1. The van der Waals surface area contributed by atoms with Gasteiger partial charge in [-0.1, -0.05) is 0 Å². The first-order valence-electron chi connectivity index (χ1n) is 3.52. The topological polar surface area (TPSA) is 46.5 Å². The Morgan fingerprint density at radius 2 is 2.45 bits per heavy atom. The number of aliphatic carboxylic acids is 1. The van der Waals surface area contributed by atoms with Crippen LogP contribution in [-0.4, -0.2) is 30.5 Å². The number of halogens is 1. The number of carboxylic acid groups (broad SMARTS) is 1. The third-order valence-corrected chi connectivity index (χ3v) is 2.21. The van der Waals surface area contributed by atoms with Crippen LogP contribution in [0, 0.1) is 5.41 Å². The number of alkyl halides is 1. The third-order valence-electron chi connectivity index (χ3n) is 2.21. The lowest BCUT2D eigenvalue weighted by molar-refractivity contribution is -0.160. The lowest BCUT2D eigenvalue weighted by atomic mass is 9.81. The molecule has 0 aromatic carbocycles. The van der Waals surface area contributed by atoms with Crippen LogP contribution in [0.1, 0.15) is 13.3 Å². The molecule has 0 spiro atoms. The summed E-state index contributed by atoms with van der Waals surface area (Å²) in [4.78, 5) is 10.6. The van der Waals surface area contributed by atoms with E-state index in [0.29, 0.717) is 6.61 Å². The molecule has 0 aliphatic carbocycles. The molecule has 1 N–H and O–H groups in total. The van der Waals surface area contributed by atoms with Gasteiger partial charge in [0.2, 0.25) is 0 Å². The Balaban J connectivity index is 2.72. The molecule has 2 unspecified atom stereocenters. The number of carbonyl (C=O) groups is 1. The quantitative estimate of drug-likeness (QED) is 0.621. The summed E-state index contributed by atoms with van der Waals surface area (Å²) in [7, 11) is 0. The summed E-state index contributed by atoms with van der Waals surface area (Å²) < 4.78 is 17.8. The average molecular weight is 162 g/mol. The van der Waals surface area contributed by atoms with E-state index in [9.17, 15) is 9.18 Å². The molecule has 1 aliphatic rings. The summed E-state index contributed by atoms with van der Waals surface area (Å²) >= 11 is 0. The van der Waals surface area contributed by atoms with Gasteiger partial charge in [-0.15, -0.1) is 0 Å².